The lowest BCUT2D eigenvalue weighted by Gasteiger charge is -1.84. The Morgan fingerprint density at radius 3 is 2.88 bits per heavy atom. The van der Waals surface area contributed by atoms with Crippen LogP contribution in [0.15, 0.2) is 23.1 Å². The third-order valence-corrected chi connectivity index (χ3v) is 1.24. The molecule has 0 aliphatic heterocycles. The Morgan fingerprint density at radius 2 is 2.50 bits per heavy atom. The summed E-state index contributed by atoms with van der Waals surface area (Å²) in [7, 11) is 5.22. The van der Waals surface area contributed by atoms with Crippen molar-refractivity contribution in [2.45, 2.75) is 4.90 Å². The van der Waals surface area contributed by atoms with Gasteiger partial charge >= 0.3 is 0 Å². The molecule has 0 atom stereocenters. The van der Waals surface area contributed by atoms with Gasteiger partial charge in [0.2, 0.25) is 0 Å². The standard InChI is InChI=1S/C6H3BS/c7-8-6-4-2-1-3-5-6/h1-2,4H. The van der Waals surface area contributed by atoms with E-state index < -0.39 is 0 Å². The first kappa shape index (κ1) is 5.59. The van der Waals surface area contributed by atoms with Gasteiger partial charge in [-0.2, -0.15) is 11.6 Å². The molecule has 0 nitrogen and oxygen atoms in total. The summed E-state index contributed by atoms with van der Waals surface area (Å²) in [6.07, 6.45) is 0. The summed E-state index contributed by atoms with van der Waals surface area (Å²) in [4.78, 5) is 0.924. The summed E-state index contributed by atoms with van der Waals surface area (Å²) >= 11 is 1.18. The zero-order valence-corrected chi connectivity index (χ0v) is 5.03. The minimum atomic E-state index is 0.924. The summed E-state index contributed by atoms with van der Waals surface area (Å²) in [6, 6.07) is 11.2. The monoisotopic (exact) mass is 118 g/mol. The first-order chi connectivity index (χ1) is 3.93. The second kappa shape index (κ2) is 2.69. The Labute approximate surface area is 54.6 Å². The van der Waals surface area contributed by atoms with Gasteiger partial charge in [-0.05, 0) is 12.1 Å². The van der Waals surface area contributed by atoms with E-state index in [1.165, 1.54) is 11.6 Å². The van der Waals surface area contributed by atoms with Crippen LogP contribution in [0.2, 0.25) is 0 Å². The highest BCUT2D eigenvalue weighted by molar-refractivity contribution is 8.19. The minimum absolute atomic E-state index is 0.924. The Kier molecular flexibility index (Phi) is 1.88. The zero-order valence-electron chi connectivity index (χ0n) is 4.22. The molecule has 1 aromatic rings. The predicted molar refractivity (Wildman–Crippen MR) is 35.7 cm³/mol. The van der Waals surface area contributed by atoms with Crippen LogP contribution in [0.1, 0.15) is 0 Å². The molecule has 0 spiro atoms. The Balaban J connectivity index is 2.83. The molecular formula is C6H3BS. The third kappa shape index (κ3) is 1.21. The van der Waals surface area contributed by atoms with Crippen LogP contribution in [-0.4, -0.2) is 7.12 Å². The quantitative estimate of drug-likeness (QED) is 0.503. The van der Waals surface area contributed by atoms with Gasteiger partial charge in [0.15, 0.2) is 7.12 Å². The lowest BCUT2D eigenvalue weighted by Crippen LogP contribution is -1.60. The molecule has 8 heavy (non-hydrogen) atoms. The minimum Gasteiger partial charge on any atom is -0.185 e. The van der Waals surface area contributed by atoms with Crippen molar-refractivity contribution in [3.8, 4) is 0 Å². The van der Waals surface area contributed by atoms with Crippen LogP contribution in [-0.2, 0) is 0 Å². The topological polar surface area (TPSA) is 0 Å². The SMILES string of the molecule is [B]Sc1c#cccc1. The van der Waals surface area contributed by atoms with Crippen LogP contribution in [0.25, 0.3) is 0 Å². The summed E-state index contributed by atoms with van der Waals surface area (Å²) in [5, 5.41) is 0. The molecule has 1 aromatic carbocycles. The van der Waals surface area contributed by atoms with E-state index in [1.807, 2.05) is 12.1 Å². The summed E-state index contributed by atoms with van der Waals surface area (Å²) in [6.45, 7) is 0. The number of hydrogen-bond acceptors (Lipinski definition) is 1. The van der Waals surface area contributed by atoms with E-state index in [4.69, 9.17) is 7.12 Å². The van der Waals surface area contributed by atoms with Crippen molar-refractivity contribution >= 4 is 18.7 Å². The second-order valence-corrected chi connectivity index (χ2v) is 1.95. The van der Waals surface area contributed by atoms with Crippen molar-refractivity contribution in [1.82, 2.24) is 0 Å². The first-order valence-electron chi connectivity index (χ1n) is 2.18. The highest BCUT2D eigenvalue weighted by atomic mass is 32.2. The van der Waals surface area contributed by atoms with Gasteiger partial charge in [0.1, 0.15) is 0 Å². The van der Waals surface area contributed by atoms with Gasteiger partial charge in [0.05, 0.1) is 0 Å². The molecule has 1 rings (SSSR count). The maximum Gasteiger partial charge on any atom is 0.169 e. The maximum atomic E-state index is 5.22. The highest BCUT2D eigenvalue weighted by Crippen LogP contribution is 2.06. The molecule has 0 N–H and O–H groups in total. The maximum absolute atomic E-state index is 5.22. The van der Waals surface area contributed by atoms with Crippen LogP contribution in [0.5, 0.6) is 0 Å². The van der Waals surface area contributed by atoms with E-state index in [0.29, 0.717) is 0 Å². The van der Waals surface area contributed by atoms with Gasteiger partial charge < -0.3 is 0 Å². The lowest BCUT2D eigenvalue weighted by atomic mass is 10.4. The molecule has 0 saturated heterocycles. The van der Waals surface area contributed by atoms with Crippen LogP contribution >= 0.6 is 11.6 Å². The fraction of sp³-hybridized carbons (Fsp3) is 0. The Bertz CT molecular complexity index is 150. The molecule has 0 amide bonds. The first-order valence-corrected chi connectivity index (χ1v) is 3.06. The average Bonchev–Trinajstić information content (AvgIpc) is 1.90. The third-order valence-electron chi connectivity index (χ3n) is 0.749. The normalized spacial score (nSPS) is 8.00. The van der Waals surface area contributed by atoms with Crippen molar-refractivity contribution in [3.05, 3.63) is 30.3 Å². The van der Waals surface area contributed by atoms with Gasteiger partial charge in [-0.25, -0.2) is 0 Å². The Morgan fingerprint density at radius 1 is 1.62 bits per heavy atom. The van der Waals surface area contributed by atoms with E-state index in [2.05, 4.69) is 12.1 Å². The van der Waals surface area contributed by atoms with E-state index in [1.54, 1.807) is 6.07 Å². The zero-order chi connectivity index (χ0) is 5.82. The van der Waals surface area contributed by atoms with Crippen molar-refractivity contribution in [1.29, 1.82) is 0 Å². The van der Waals surface area contributed by atoms with Crippen LogP contribution in [0.3, 0.4) is 0 Å². The van der Waals surface area contributed by atoms with Crippen LogP contribution < -0.4 is 0 Å². The van der Waals surface area contributed by atoms with E-state index >= 15 is 0 Å². The van der Waals surface area contributed by atoms with Gasteiger partial charge in [-0.1, -0.05) is 18.2 Å². The summed E-state index contributed by atoms with van der Waals surface area (Å²) < 4.78 is 0. The molecule has 0 aliphatic carbocycles. The molecule has 2 radical (unpaired) electrons. The van der Waals surface area contributed by atoms with Gasteiger partial charge in [-0.15, -0.1) is 0 Å². The molecule has 2 heteroatoms. The summed E-state index contributed by atoms with van der Waals surface area (Å²) in [5.74, 6) is 0. The van der Waals surface area contributed by atoms with Crippen molar-refractivity contribution in [2.24, 2.45) is 0 Å². The summed E-state index contributed by atoms with van der Waals surface area (Å²) in [5.41, 5.74) is 0. The van der Waals surface area contributed by atoms with E-state index in [-0.39, 0.29) is 0 Å². The molecule has 0 aliphatic rings. The molecule has 0 saturated carbocycles. The van der Waals surface area contributed by atoms with Crippen LogP contribution in [0, 0.1) is 12.1 Å². The van der Waals surface area contributed by atoms with Crippen molar-refractivity contribution in [2.75, 3.05) is 0 Å². The Hall–Kier alpha value is -0.545. The van der Waals surface area contributed by atoms with Gasteiger partial charge in [0, 0.05) is 4.90 Å². The predicted octanol–water partition coefficient (Wildman–Crippen LogP) is 1.46. The molecule has 0 bridgehead atoms. The smallest absolute Gasteiger partial charge is 0.169 e. The van der Waals surface area contributed by atoms with Crippen molar-refractivity contribution < 1.29 is 0 Å². The van der Waals surface area contributed by atoms with E-state index in [0.717, 1.165) is 4.90 Å². The molecule has 0 aromatic heterocycles. The molecule has 0 fully saturated rings. The lowest BCUT2D eigenvalue weighted by molar-refractivity contribution is 1.50. The molecule has 0 heterocycles. The van der Waals surface area contributed by atoms with Crippen molar-refractivity contribution in [3.63, 3.8) is 0 Å². The molecule has 36 valence electrons. The van der Waals surface area contributed by atoms with E-state index in [9.17, 15) is 0 Å². The van der Waals surface area contributed by atoms with Gasteiger partial charge in [-0.3, -0.25) is 0 Å². The largest absolute Gasteiger partial charge is 0.185 e. The molecule has 0 unspecified atom stereocenters. The number of hydrogen-bond donors (Lipinski definition) is 0. The fourth-order valence-electron chi connectivity index (χ4n) is 0.407. The highest BCUT2D eigenvalue weighted by Gasteiger charge is 1.78. The average molecular weight is 118 g/mol. The fourth-order valence-corrected chi connectivity index (χ4v) is 0.682. The van der Waals surface area contributed by atoms with Gasteiger partial charge in [0.25, 0.3) is 0 Å². The number of rotatable bonds is 1. The second-order valence-electron chi connectivity index (χ2n) is 1.28. The molecular weight excluding hydrogens is 115 g/mol. The van der Waals surface area contributed by atoms with Crippen LogP contribution in [0.4, 0.5) is 0 Å².